The summed E-state index contributed by atoms with van der Waals surface area (Å²) in [4.78, 5) is 57.3. The van der Waals surface area contributed by atoms with Gasteiger partial charge in [0.05, 0.1) is 5.69 Å². The molecular weight excluding hydrogens is 613 g/mol. The highest BCUT2D eigenvalue weighted by Gasteiger charge is 2.36. The maximum Gasteiger partial charge on any atom is 0.270 e. The van der Waals surface area contributed by atoms with Gasteiger partial charge in [-0.25, -0.2) is 4.39 Å². The number of amides is 4. The summed E-state index contributed by atoms with van der Waals surface area (Å²) in [6, 6.07) is 4.47. The summed E-state index contributed by atoms with van der Waals surface area (Å²) in [6.45, 7) is 8.96. The molecule has 4 amide bonds. The standard InChI is InChI=1S/C36H52FN7O4/c1-5-24-9-11-26(12-10-24)33(41-34(46)30-15-16-38-44(30)22-25-7-8-25)35(47)39-29-14-13-27(21-28(29)37)23(3)32(40-31(45)6-2)36(48)43-19-17-42(4)18-20-43/h13-16,21,23-26,32-33H,5-12,17-20,22H2,1-4H3,(H,39,47)(H,40,45)(H,41,46)/t23-,24?,26?,32+,33-/m0/s1. The van der Waals surface area contributed by atoms with Crippen molar-refractivity contribution < 1.29 is 23.6 Å². The van der Waals surface area contributed by atoms with Crippen LogP contribution in [0.4, 0.5) is 10.1 Å². The number of nitrogens with zero attached hydrogens (tertiary/aromatic N) is 4. The van der Waals surface area contributed by atoms with Gasteiger partial charge < -0.3 is 25.8 Å². The van der Waals surface area contributed by atoms with Crippen molar-refractivity contribution in [1.29, 1.82) is 0 Å². The van der Waals surface area contributed by atoms with Crippen LogP contribution in [0, 0.1) is 23.6 Å². The van der Waals surface area contributed by atoms with Crippen molar-refractivity contribution in [3.8, 4) is 0 Å². The summed E-state index contributed by atoms with van der Waals surface area (Å²) in [5.41, 5.74) is 0.944. The average Bonchev–Trinajstić information content (AvgIpc) is 3.79. The van der Waals surface area contributed by atoms with Gasteiger partial charge in [0.2, 0.25) is 17.7 Å². The van der Waals surface area contributed by atoms with Crippen molar-refractivity contribution in [3.63, 3.8) is 0 Å². The summed E-state index contributed by atoms with van der Waals surface area (Å²) in [6.07, 6.45) is 8.69. The molecule has 12 heteroatoms. The number of aromatic nitrogens is 2. The Balaban J connectivity index is 1.31. The van der Waals surface area contributed by atoms with Crippen LogP contribution in [0.1, 0.15) is 94.1 Å². The van der Waals surface area contributed by atoms with Crippen LogP contribution in [-0.2, 0) is 20.9 Å². The van der Waals surface area contributed by atoms with Gasteiger partial charge in [-0.2, -0.15) is 5.10 Å². The summed E-state index contributed by atoms with van der Waals surface area (Å²) in [7, 11) is 2.00. The maximum absolute atomic E-state index is 15.7. The van der Waals surface area contributed by atoms with Gasteiger partial charge in [-0.3, -0.25) is 23.9 Å². The molecule has 3 aliphatic rings. The predicted molar refractivity (Wildman–Crippen MR) is 182 cm³/mol. The van der Waals surface area contributed by atoms with Crippen LogP contribution in [0.5, 0.6) is 0 Å². The third-order valence-corrected chi connectivity index (χ3v) is 10.6. The molecule has 0 bridgehead atoms. The summed E-state index contributed by atoms with van der Waals surface area (Å²) < 4.78 is 17.4. The molecule has 3 atom stereocenters. The molecule has 5 rings (SSSR count). The molecule has 3 N–H and O–H groups in total. The van der Waals surface area contributed by atoms with Crippen LogP contribution in [-0.4, -0.2) is 88.5 Å². The first-order valence-electron chi connectivity index (χ1n) is 17.8. The highest BCUT2D eigenvalue weighted by molar-refractivity contribution is 6.00. The number of anilines is 1. The Morgan fingerprint density at radius 2 is 1.62 bits per heavy atom. The van der Waals surface area contributed by atoms with E-state index in [1.807, 2.05) is 7.05 Å². The third-order valence-electron chi connectivity index (χ3n) is 10.6. The first-order chi connectivity index (χ1) is 23.1. The lowest BCUT2D eigenvalue weighted by Gasteiger charge is -2.36. The molecule has 2 aliphatic carbocycles. The number of halogens is 1. The minimum Gasteiger partial charge on any atom is -0.344 e. The molecule has 0 spiro atoms. The fourth-order valence-corrected chi connectivity index (χ4v) is 6.98. The fourth-order valence-electron chi connectivity index (χ4n) is 6.98. The predicted octanol–water partition coefficient (Wildman–Crippen LogP) is 4.16. The van der Waals surface area contributed by atoms with Gasteiger partial charge in [0.25, 0.3) is 5.91 Å². The van der Waals surface area contributed by atoms with E-state index in [2.05, 4.69) is 32.9 Å². The Hall–Kier alpha value is -3.80. The number of piperazine rings is 1. The highest BCUT2D eigenvalue weighted by atomic mass is 19.1. The van der Waals surface area contributed by atoms with Crippen molar-refractivity contribution in [2.75, 3.05) is 38.5 Å². The van der Waals surface area contributed by atoms with E-state index in [-0.39, 0.29) is 35.7 Å². The number of carbonyl (C=O) groups is 4. The second-order valence-corrected chi connectivity index (χ2v) is 14.0. The summed E-state index contributed by atoms with van der Waals surface area (Å²) >= 11 is 0. The van der Waals surface area contributed by atoms with E-state index in [0.717, 1.165) is 58.0 Å². The van der Waals surface area contributed by atoms with Gasteiger partial charge in [0.1, 0.15) is 23.6 Å². The monoisotopic (exact) mass is 665 g/mol. The van der Waals surface area contributed by atoms with Crippen LogP contribution in [0.2, 0.25) is 0 Å². The molecule has 2 heterocycles. The van der Waals surface area contributed by atoms with E-state index >= 15 is 4.39 Å². The molecule has 1 aliphatic heterocycles. The zero-order valence-corrected chi connectivity index (χ0v) is 28.8. The van der Waals surface area contributed by atoms with Crippen molar-refractivity contribution in [3.05, 3.63) is 47.5 Å². The Bertz CT molecular complexity index is 1440. The van der Waals surface area contributed by atoms with Gasteiger partial charge in [0, 0.05) is 51.3 Å². The van der Waals surface area contributed by atoms with Gasteiger partial charge in [-0.15, -0.1) is 0 Å². The van der Waals surface area contributed by atoms with Crippen molar-refractivity contribution >= 4 is 29.3 Å². The van der Waals surface area contributed by atoms with E-state index < -0.39 is 29.7 Å². The van der Waals surface area contributed by atoms with Gasteiger partial charge >= 0.3 is 0 Å². The summed E-state index contributed by atoms with van der Waals surface area (Å²) in [5, 5.41) is 12.9. The molecule has 262 valence electrons. The second kappa shape index (κ2) is 16.1. The molecule has 48 heavy (non-hydrogen) atoms. The van der Waals surface area contributed by atoms with Crippen molar-refractivity contribution in [2.45, 2.75) is 96.7 Å². The lowest BCUT2D eigenvalue weighted by atomic mass is 9.77. The lowest BCUT2D eigenvalue weighted by Crippen LogP contribution is -2.55. The minimum atomic E-state index is -0.855. The van der Waals surface area contributed by atoms with E-state index in [1.165, 1.54) is 12.1 Å². The normalized spacial score (nSPS) is 22.0. The lowest BCUT2D eigenvalue weighted by molar-refractivity contribution is -0.138. The first-order valence-corrected chi connectivity index (χ1v) is 17.8. The Morgan fingerprint density at radius 1 is 0.938 bits per heavy atom. The molecule has 0 radical (unpaired) electrons. The zero-order valence-electron chi connectivity index (χ0n) is 28.8. The SMILES string of the molecule is CCC(=O)N[C@@H](C(=O)N1CCN(C)CC1)[C@@H](C)c1ccc(NC(=O)[C@@H](NC(=O)c2ccnn2CC2CC2)C2CCC(CC)CC2)c(F)c1. The van der Waals surface area contributed by atoms with E-state index in [1.54, 1.807) is 41.8 Å². The summed E-state index contributed by atoms with van der Waals surface area (Å²) in [5.74, 6) is -1.40. The fraction of sp³-hybridized carbons (Fsp3) is 0.639. The van der Waals surface area contributed by atoms with Gasteiger partial charge in [-0.1, -0.05) is 46.1 Å². The molecular formula is C36H52FN7O4. The Labute approximate surface area is 283 Å². The van der Waals surface area contributed by atoms with Crippen LogP contribution in [0.25, 0.3) is 0 Å². The van der Waals surface area contributed by atoms with E-state index in [4.69, 9.17) is 0 Å². The number of nitrogens with one attached hydrogen (secondary N) is 3. The smallest absolute Gasteiger partial charge is 0.270 e. The molecule has 1 aromatic carbocycles. The number of benzene rings is 1. The number of likely N-dealkylation sites (N-methyl/N-ethyl adjacent to an activating group) is 1. The molecule has 0 unspecified atom stereocenters. The quantitative estimate of drug-likeness (QED) is 0.295. The van der Waals surface area contributed by atoms with E-state index in [9.17, 15) is 19.2 Å². The average molecular weight is 666 g/mol. The third kappa shape index (κ3) is 8.80. The molecule has 1 aromatic heterocycles. The zero-order chi connectivity index (χ0) is 34.4. The molecule has 2 aromatic rings. The second-order valence-electron chi connectivity index (χ2n) is 14.0. The van der Waals surface area contributed by atoms with Crippen molar-refractivity contribution in [1.82, 2.24) is 30.2 Å². The minimum absolute atomic E-state index is 0.00393. The number of hydrogen-bond donors (Lipinski definition) is 3. The molecule has 3 fully saturated rings. The largest absolute Gasteiger partial charge is 0.344 e. The van der Waals surface area contributed by atoms with Crippen LogP contribution >= 0.6 is 0 Å². The van der Waals surface area contributed by atoms with Crippen LogP contribution in [0.3, 0.4) is 0 Å². The van der Waals surface area contributed by atoms with E-state index in [0.29, 0.717) is 42.7 Å². The topological polar surface area (TPSA) is 129 Å². The van der Waals surface area contributed by atoms with Crippen LogP contribution in [0.15, 0.2) is 30.5 Å². The maximum atomic E-state index is 15.7. The number of hydrogen-bond acceptors (Lipinski definition) is 6. The first kappa shape index (κ1) is 35.5. The van der Waals surface area contributed by atoms with Crippen LogP contribution < -0.4 is 16.0 Å². The number of rotatable bonds is 13. The van der Waals surface area contributed by atoms with Gasteiger partial charge in [-0.05, 0) is 74.2 Å². The highest BCUT2D eigenvalue weighted by Crippen LogP contribution is 2.34. The van der Waals surface area contributed by atoms with Gasteiger partial charge in [0.15, 0.2) is 0 Å². The molecule has 11 nitrogen and oxygen atoms in total. The van der Waals surface area contributed by atoms with Crippen molar-refractivity contribution in [2.24, 2.45) is 17.8 Å². The Morgan fingerprint density at radius 3 is 2.25 bits per heavy atom. The Kier molecular flexibility index (Phi) is 11.9. The molecule has 1 saturated heterocycles. The number of carbonyl (C=O) groups excluding carboxylic acids is 4. The molecule has 2 saturated carbocycles.